The Hall–Kier alpha value is -5.22. The average molecular weight is 752 g/mol. The zero-order chi connectivity index (χ0) is 37.0. The number of hydrogen-bond donors (Lipinski definition) is 4. The van der Waals surface area contributed by atoms with E-state index < -0.39 is 72.6 Å². The molecule has 0 saturated heterocycles. The number of sulfonamides is 1. The van der Waals surface area contributed by atoms with Crippen molar-refractivity contribution >= 4 is 75.1 Å². The second-order valence-electron chi connectivity index (χ2n) is 10.3. The van der Waals surface area contributed by atoms with Crippen LogP contribution in [0.3, 0.4) is 0 Å². The Kier molecular flexibility index (Phi) is 11.1. The van der Waals surface area contributed by atoms with Gasteiger partial charge in [0.2, 0.25) is 5.91 Å². The number of hydrogen-bond acceptors (Lipinski definition) is 14. The number of phenols is 1. The first kappa shape index (κ1) is 37.6. The fourth-order valence-electron chi connectivity index (χ4n) is 4.47. The first-order valence-corrected chi connectivity index (χ1v) is 18.9. The number of nitrogens with one attached hydrogen (secondary N) is 2. The van der Waals surface area contributed by atoms with Gasteiger partial charge >= 0.3 is 5.69 Å². The molecule has 0 bridgehead atoms. The third-order valence-corrected chi connectivity index (χ3v) is 10.2. The van der Waals surface area contributed by atoms with Crippen molar-refractivity contribution < 1.29 is 54.1 Å². The number of fused-ring (bicyclic) bond motifs is 1. The van der Waals surface area contributed by atoms with Crippen molar-refractivity contribution in [3.63, 3.8) is 0 Å². The fraction of sp³-hybridized carbons (Fsp3) is 0.207. The van der Waals surface area contributed by atoms with E-state index in [4.69, 9.17) is 9.47 Å². The first-order valence-electron chi connectivity index (χ1n) is 14.1. The number of sulfone groups is 1. The Labute approximate surface area is 285 Å². The van der Waals surface area contributed by atoms with E-state index in [0.29, 0.717) is 6.07 Å². The van der Waals surface area contributed by atoms with Gasteiger partial charge < -0.3 is 19.9 Å². The highest BCUT2D eigenvalue weighted by Crippen LogP contribution is 2.45. The molecule has 4 aromatic rings. The topological polar surface area (TPSA) is 270 Å². The van der Waals surface area contributed by atoms with Gasteiger partial charge in [0, 0.05) is 42.7 Å². The zero-order valence-electron chi connectivity index (χ0n) is 26.3. The molecule has 18 nitrogen and oxygen atoms in total. The van der Waals surface area contributed by atoms with Crippen LogP contribution in [-0.4, -0.2) is 72.3 Å². The summed E-state index contributed by atoms with van der Waals surface area (Å²) >= 11 is 0. The van der Waals surface area contributed by atoms with E-state index in [9.17, 15) is 49.8 Å². The monoisotopic (exact) mass is 751 g/mol. The molecule has 0 saturated carbocycles. The van der Waals surface area contributed by atoms with Crippen molar-refractivity contribution in [2.45, 2.75) is 28.0 Å². The number of ether oxygens (including phenoxy) is 2. The van der Waals surface area contributed by atoms with Crippen LogP contribution in [0.5, 0.6) is 11.5 Å². The molecule has 0 atom stereocenters. The Morgan fingerprint density at radius 3 is 2.20 bits per heavy atom. The van der Waals surface area contributed by atoms with Crippen molar-refractivity contribution in [3.8, 4) is 11.5 Å². The highest BCUT2D eigenvalue weighted by molar-refractivity contribution is 7.92. The van der Waals surface area contributed by atoms with E-state index in [-0.39, 0.29) is 53.2 Å². The second kappa shape index (κ2) is 14.7. The Morgan fingerprint density at radius 2 is 1.58 bits per heavy atom. The van der Waals surface area contributed by atoms with E-state index in [1.54, 1.807) is 6.92 Å². The lowest BCUT2D eigenvalue weighted by Crippen LogP contribution is -2.14. The summed E-state index contributed by atoms with van der Waals surface area (Å²) in [5.41, 5.74) is -1.72. The maximum Gasteiger partial charge on any atom is 0.312 e. The van der Waals surface area contributed by atoms with Crippen LogP contribution >= 0.6 is 0 Å². The van der Waals surface area contributed by atoms with E-state index in [1.165, 1.54) is 25.3 Å². The predicted octanol–water partition coefficient (Wildman–Crippen LogP) is 4.69. The van der Waals surface area contributed by atoms with E-state index in [0.717, 1.165) is 42.7 Å². The normalized spacial score (nSPS) is 12.2. The number of carbonyl (C=O) groups is 1. The number of methoxy groups -OCH3 is 1. The van der Waals surface area contributed by atoms with Crippen molar-refractivity contribution in [2.75, 3.05) is 36.6 Å². The summed E-state index contributed by atoms with van der Waals surface area (Å²) < 4.78 is 97.6. The van der Waals surface area contributed by atoms with Crippen molar-refractivity contribution in [1.82, 2.24) is 0 Å². The molecule has 1 amide bonds. The molecular formula is C29H29N5O13S3. The standard InChI is InChI=1S/C29H29N5O13S3/c1-4-27(35)30-23-14-22(32-31-21-15-25(47-12-11-46-2)24(34(37)38)16-26(21)48(3,39)40)28-19(29(23)36)9-6-10-20(28)33-49(41,42)17-7-5-8-18(13-17)50(43,44)45/h5-10,13-16,33,36H,4,11-12H2,1-3H3,(H,30,35)(H,43,44,45). The molecule has 0 fully saturated rings. The van der Waals surface area contributed by atoms with Gasteiger partial charge in [0.05, 0.1) is 38.4 Å². The smallest absolute Gasteiger partial charge is 0.312 e. The Morgan fingerprint density at radius 1 is 0.920 bits per heavy atom. The molecule has 0 spiro atoms. The number of nitro groups is 1. The number of anilines is 2. The fourth-order valence-corrected chi connectivity index (χ4v) is 6.99. The number of benzene rings is 4. The van der Waals surface area contributed by atoms with Gasteiger partial charge in [-0.3, -0.25) is 24.2 Å². The lowest BCUT2D eigenvalue weighted by molar-refractivity contribution is -0.386. The largest absolute Gasteiger partial charge is 0.505 e. The summed E-state index contributed by atoms with van der Waals surface area (Å²) in [7, 11) is -12.2. The number of aromatic hydroxyl groups is 1. The Balaban J connectivity index is 1.98. The molecule has 50 heavy (non-hydrogen) atoms. The van der Waals surface area contributed by atoms with Crippen LogP contribution in [0.15, 0.2) is 85.6 Å². The van der Waals surface area contributed by atoms with Gasteiger partial charge in [-0.1, -0.05) is 25.1 Å². The van der Waals surface area contributed by atoms with E-state index in [1.807, 2.05) is 0 Å². The van der Waals surface area contributed by atoms with Crippen LogP contribution in [0.2, 0.25) is 0 Å². The van der Waals surface area contributed by atoms with Gasteiger partial charge in [0.1, 0.15) is 22.9 Å². The first-order chi connectivity index (χ1) is 23.4. The lowest BCUT2D eigenvalue weighted by atomic mass is 10.0. The second-order valence-corrected chi connectivity index (χ2v) is 15.4. The van der Waals surface area contributed by atoms with Gasteiger partial charge in [-0.05, 0) is 30.3 Å². The molecule has 4 aromatic carbocycles. The third-order valence-electron chi connectivity index (χ3n) is 6.81. The summed E-state index contributed by atoms with van der Waals surface area (Å²) in [5, 5.41) is 33.4. The van der Waals surface area contributed by atoms with Crippen LogP contribution < -0.4 is 14.8 Å². The number of rotatable bonds is 14. The van der Waals surface area contributed by atoms with Crippen LogP contribution in [0, 0.1) is 10.1 Å². The third kappa shape index (κ3) is 8.49. The van der Waals surface area contributed by atoms with Gasteiger partial charge in [-0.25, -0.2) is 16.8 Å². The summed E-state index contributed by atoms with van der Waals surface area (Å²) in [6.07, 6.45) is 0.790. The maximum absolute atomic E-state index is 13.4. The SMILES string of the molecule is CCC(=O)Nc1cc(N=Nc2cc(OCCOC)c([N+](=O)[O-])cc2S(C)(=O)=O)c2c(NS(=O)(=O)c3cccc(S(=O)(=O)O)c3)cccc2c1O. The number of amides is 1. The van der Waals surface area contributed by atoms with E-state index in [2.05, 4.69) is 20.3 Å². The molecule has 0 aliphatic carbocycles. The molecule has 4 N–H and O–H groups in total. The van der Waals surface area contributed by atoms with Crippen LogP contribution in [-0.2, 0) is 39.5 Å². The molecule has 0 heterocycles. The molecular weight excluding hydrogens is 723 g/mol. The zero-order valence-corrected chi connectivity index (χ0v) is 28.8. The number of nitrogens with zero attached hydrogens (tertiary/aromatic N) is 3. The average Bonchev–Trinajstić information content (AvgIpc) is 3.04. The number of azo groups is 1. The van der Waals surface area contributed by atoms with Crippen molar-refractivity contribution in [2.24, 2.45) is 10.2 Å². The predicted molar refractivity (Wildman–Crippen MR) is 179 cm³/mol. The Bertz CT molecular complexity index is 2360. The van der Waals surface area contributed by atoms with Crippen LogP contribution in [0.4, 0.5) is 28.4 Å². The number of carbonyl (C=O) groups excluding carboxylic acids is 1. The van der Waals surface area contributed by atoms with Gasteiger partial charge in [0.25, 0.3) is 20.1 Å². The van der Waals surface area contributed by atoms with Crippen LogP contribution in [0.1, 0.15) is 13.3 Å². The van der Waals surface area contributed by atoms with Crippen molar-refractivity contribution in [1.29, 1.82) is 0 Å². The van der Waals surface area contributed by atoms with Gasteiger partial charge in [-0.15, -0.1) is 10.2 Å². The van der Waals surface area contributed by atoms with Gasteiger partial charge in [0.15, 0.2) is 15.6 Å². The minimum absolute atomic E-state index is 0.00313. The van der Waals surface area contributed by atoms with E-state index >= 15 is 0 Å². The molecule has 0 aromatic heterocycles. The molecule has 266 valence electrons. The lowest BCUT2D eigenvalue weighted by Gasteiger charge is -2.16. The molecule has 0 aliphatic heterocycles. The number of nitro benzene ring substituents is 1. The highest BCUT2D eigenvalue weighted by atomic mass is 32.2. The summed E-state index contributed by atoms with van der Waals surface area (Å²) in [4.78, 5) is 21.3. The minimum atomic E-state index is -4.77. The highest BCUT2D eigenvalue weighted by Gasteiger charge is 2.26. The quantitative estimate of drug-likeness (QED) is 0.0340. The summed E-state index contributed by atoms with van der Waals surface area (Å²) in [6, 6.07) is 10.7. The molecule has 21 heteroatoms. The summed E-state index contributed by atoms with van der Waals surface area (Å²) in [6.45, 7) is 1.43. The molecule has 4 rings (SSSR count). The number of phenolic OH excluding ortho intramolecular Hbond substituents is 1. The van der Waals surface area contributed by atoms with Gasteiger partial charge in [-0.2, -0.15) is 8.42 Å². The van der Waals surface area contributed by atoms with Crippen LogP contribution in [0.25, 0.3) is 10.8 Å². The van der Waals surface area contributed by atoms with Crippen molar-refractivity contribution in [3.05, 3.63) is 70.8 Å². The minimum Gasteiger partial charge on any atom is -0.505 e. The maximum atomic E-state index is 13.4. The summed E-state index contributed by atoms with van der Waals surface area (Å²) in [5.74, 6) is -1.39. The molecule has 0 aliphatic rings. The molecule has 0 radical (unpaired) electrons. The molecule has 0 unspecified atom stereocenters.